The zero-order valence-corrected chi connectivity index (χ0v) is 20.8. The maximum absolute atomic E-state index is 13.3. The van der Waals surface area contributed by atoms with Crippen LogP contribution in [0.15, 0.2) is 70.7 Å². The van der Waals surface area contributed by atoms with E-state index in [1.54, 1.807) is 48.5 Å². The second-order valence-corrected chi connectivity index (χ2v) is 10.1. The number of nitrogens with zero attached hydrogens (tertiary/aromatic N) is 2. The Kier molecular flexibility index (Phi) is 5.67. The number of aliphatic hydroxyl groups is 1. The van der Waals surface area contributed by atoms with Gasteiger partial charge in [0.2, 0.25) is 0 Å². The SMILES string of the molecule is Cc1cc(/C(O)=C2\C(=O)C(=O)N(c3nc4ccc(Cl)cc4s3)C2c2ccc(O)cc2)ccc1Br. The van der Waals surface area contributed by atoms with E-state index >= 15 is 0 Å². The van der Waals surface area contributed by atoms with Crippen LogP contribution in [0.5, 0.6) is 5.75 Å². The lowest BCUT2D eigenvalue weighted by Gasteiger charge is -2.23. The highest BCUT2D eigenvalue weighted by atomic mass is 79.9. The molecule has 6 nitrogen and oxygen atoms in total. The summed E-state index contributed by atoms with van der Waals surface area (Å²) in [5.74, 6) is -1.84. The highest BCUT2D eigenvalue weighted by Gasteiger charge is 2.48. The quantitative estimate of drug-likeness (QED) is 0.175. The first-order chi connectivity index (χ1) is 16.2. The first-order valence-corrected chi connectivity index (χ1v) is 12.2. The van der Waals surface area contributed by atoms with Gasteiger partial charge in [0.05, 0.1) is 21.8 Å². The molecule has 0 spiro atoms. The van der Waals surface area contributed by atoms with Crippen LogP contribution >= 0.6 is 38.9 Å². The molecule has 1 amide bonds. The van der Waals surface area contributed by atoms with Crippen molar-refractivity contribution in [1.82, 2.24) is 4.98 Å². The zero-order valence-electron chi connectivity index (χ0n) is 17.6. The molecule has 5 rings (SSSR count). The predicted octanol–water partition coefficient (Wildman–Crippen LogP) is 6.35. The lowest BCUT2D eigenvalue weighted by Crippen LogP contribution is -2.29. The number of benzene rings is 3. The maximum Gasteiger partial charge on any atom is 0.301 e. The number of hydrogen-bond donors (Lipinski definition) is 2. The summed E-state index contributed by atoms with van der Waals surface area (Å²) < 4.78 is 1.62. The van der Waals surface area contributed by atoms with Gasteiger partial charge in [-0.15, -0.1) is 0 Å². The number of aromatic nitrogens is 1. The number of Topliss-reactive ketones (excluding diaryl/α,β-unsaturated/α-hetero) is 1. The van der Waals surface area contributed by atoms with Crippen LogP contribution in [0.2, 0.25) is 5.02 Å². The number of halogens is 2. The minimum absolute atomic E-state index is 0.0406. The molecule has 1 atom stereocenters. The zero-order chi connectivity index (χ0) is 24.1. The van der Waals surface area contributed by atoms with E-state index in [0.29, 0.717) is 26.8 Å². The van der Waals surface area contributed by atoms with Crippen LogP contribution in [0.4, 0.5) is 5.13 Å². The number of anilines is 1. The lowest BCUT2D eigenvalue weighted by molar-refractivity contribution is -0.132. The number of carbonyl (C=O) groups is 2. The first-order valence-electron chi connectivity index (χ1n) is 10.2. The molecule has 2 N–H and O–H groups in total. The second-order valence-electron chi connectivity index (χ2n) is 7.83. The molecular weight excluding hydrogens is 540 g/mol. The molecule has 1 aliphatic heterocycles. The molecule has 0 bridgehead atoms. The summed E-state index contributed by atoms with van der Waals surface area (Å²) in [6.07, 6.45) is 0. The topological polar surface area (TPSA) is 90.7 Å². The molecule has 0 aliphatic carbocycles. The molecular formula is C25H16BrClN2O4S. The average molecular weight is 556 g/mol. The molecule has 1 aromatic heterocycles. The van der Waals surface area contributed by atoms with Gasteiger partial charge in [-0.3, -0.25) is 14.5 Å². The fourth-order valence-electron chi connectivity index (χ4n) is 3.94. The van der Waals surface area contributed by atoms with Crippen molar-refractivity contribution in [2.24, 2.45) is 0 Å². The Bertz CT molecular complexity index is 1510. The lowest BCUT2D eigenvalue weighted by atomic mass is 9.95. The van der Waals surface area contributed by atoms with E-state index in [9.17, 15) is 19.8 Å². The van der Waals surface area contributed by atoms with E-state index in [4.69, 9.17) is 11.6 Å². The number of carbonyl (C=O) groups excluding carboxylic acids is 2. The number of amides is 1. The van der Waals surface area contributed by atoms with Gasteiger partial charge in [0.15, 0.2) is 5.13 Å². The van der Waals surface area contributed by atoms with Crippen molar-refractivity contribution >= 4 is 71.7 Å². The van der Waals surface area contributed by atoms with Crippen molar-refractivity contribution in [2.75, 3.05) is 4.90 Å². The molecule has 1 unspecified atom stereocenters. The van der Waals surface area contributed by atoms with Crippen LogP contribution in [-0.2, 0) is 9.59 Å². The number of aliphatic hydroxyl groups excluding tert-OH is 1. The van der Waals surface area contributed by atoms with Crippen LogP contribution in [0.25, 0.3) is 16.0 Å². The number of fused-ring (bicyclic) bond motifs is 1. The largest absolute Gasteiger partial charge is 0.508 e. The molecule has 170 valence electrons. The maximum atomic E-state index is 13.3. The average Bonchev–Trinajstić information content (AvgIpc) is 3.33. The standard InChI is InChI=1S/C25H16BrClN2O4S/c1-12-10-14(4-8-17(12)26)22(31)20-21(13-2-6-16(30)7-3-13)29(24(33)23(20)32)25-28-18-9-5-15(27)11-19(18)34-25/h2-11,21,30-31H,1H3/b22-20+. The Morgan fingerprint density at radius 1 is 1.09 bits per heavy atom. The molecule has 4 aromatic rings. The normalized spacial score (nSPS) is 17.6. The van der Waals surface area contributed by atoms with Gasteiger partial charge in [-0.25, -0.2) is 4.98 Å². The molecule has 3 aromatic carbocycles. The van der Waals surface area contributed by atoms with Crippen molar-refractivity contribution in [3.63, 3.8) is 0 Å². The monoisotopic (exact) mass is 554 g/mol. The third-order valence-corrected chi connectivity index (χ3v) is 7.77. The number of aryl methyl sites for hydroxylation is 1. The van der Waals surface area contributed by atoms with Crippen molar-refractivity contribution in [3.8, 4) is 5.75 Å². The Morgan fingerprint density at radius 3 is 2.53 bits per heavy atom. The molecule has 1 fully saturated rings. The summed E-state index contributed by atoms with van der Waals surface area (Å²) in [7, 11) is 0. The third-order valence-electron chi connectivity index (χ3n) is 5.63. The fraction of sp³-hybridized carbons (Fsp3) is 0.0800. The molecule has 1 aliphatic rings. The number of phenols is 1. The third kappa shape index (κ3) is 3.77. The van der Waals surface area contributed by atoms with Crippen LogP contribution in [-0.4, -0.2) is 26.9 Å². The minimum atomic E-state index is -0.930. The minimum Gasteiger partial charge on any atom is -0.508 e. The molecule has 1 saturated heterocycles. The van der Waals surface area contributed by atoms with Crippen LogP contribution in [0.3, 0.4) is 0 Å². The van der Waals surface area contributed by atoms with E-state index in [-0.39, 0.29) is 17.1 Å². The van der Waals surface area contributed by atoms with Crippen molar-refractivity contribution in [2.45, 2.75) is 13.0 Å². The summed E-state index contributed by atoms with van der Waals surface area (Å²) in [6, 6.07) is 15.6. The number of ketones is 1. The van der Waals surface area contributed by atoms with Gasteiger partial charge in [0.25, 0.3) is 5.78 Å². The van der Waals surface area contributed by atoms with E-state index in [1.165, 1.54) is 28.4 Å². The number of hydrogen-bond acceptors (Lipinski definition) is 6. The summed E-state index contributed by atoms with van der Waals surface area (Å²) in [5, 5.41) is 21.9. The molecule has 2 heterocycles. The Morgan fingerprint density at radius 2 is 1.82 bits per heavy atom. The molecule has 0 saturated carbocycles. The van der Waals surface area contributed by atoms with E-state index < -0.39 is 17.7 Å². The molecule has 34 heavy (non-hydrogen) atoms. The smallest absolute Gasteiger partial charge is 0.301 e. The number of thiazole rings is 1. The van der Waals surface area contributed by atoms with Crippen molar-refractivity contribution in [1.29, 1.82) is 0 Å². The summed E-state index contributed by atoms with van der Waals surface area (Å²) in [6.45, 7) is 1.86. The number of rotatable bonds is 3. The highest BCUT2D eigenvalue weighted by Crippen LogP contribution is 2.44. The molecule has 9 heteroatoms. The van der Waals surface area contributed by atoms with Gasteiger partial charge in [0, 0.05) is 15.1 Å². The Hall–Kier alpha value is -3.20. The number of aromatic hydroxyl groups is 1. The Balaban J connectivity index is 1.73. The van der Waals surface area contributed by atoms with Gasteiger partial charge in [-0.1, -0.05) is 57.1 Å². The highest BCUT2D eigenvalue weighted by molar-refractivity contribution is 9.10. The summed E-state index contributed by atoms with van der Waals surface area (Å²) in [5.41, 5.74) is 2.42. The fourth-order valence-corrected chi connectivity index (χ4v) is 5.45. The first kappa shape index (κ1) is 22.6. The predicted molar refractivity (Wildman–Crippen MR) is 136 cm³/mol. The van der Waals surface area contributed by atoms with Crippen LogP contribution in [0.1, 0.15) is 22.7 Å². The van der Waals surface area contributed by atoms with E-state index in [0.717, 1.165) is 14.7 Å². The Labute approximate surface area is 211 Å². The molecule has 0 radical (unpaired) electrons. The van der Waals surface area contributed by atoms with Gasteiger partial charge >= 0.3 is 5.91 Å². The van der Waals surface area contributed by atoms with Crippen molar-refractivity contribution < 1.29 is 19.8 Å². The van der Waals surface area contributed by atoms with Crippen LogP contribution in [0, 0.1) is 6.92 Å². The van der Waals surface area contributed by atoms with E-state index in [1.807, 2.05) is 6.92 Å². The van der Waals surface area contributed by atoms with Gasteiger partial charge in [0.1, 0.15) is 11.5 Å². The van der Waals surface area contributed by atoms with Crippen LogP contribution < -0.4 is 4.90 Å². The van der Waals surface area contributed by atoms with E-state index in [2.05, 4.69) is 20.9 Å². The summed E-state index contributed by atoms with van der Waals surface area (Å²) in [4.78, 5) is 32.4. The van der Waals surface area contributed by atoms with Gasteiger partial charge < -0.3 is 10.2 Å². The van der Waals surface area contributed by atoms with Gasteiger partial charge in [-0.2, -0.15) is 0 Å². The number of phenolic OH excluding ortho intramolecular Hbond substituents is 1. The van der Waals surface area contributed by atoms with Gasteiger partial charge in [-0.05, 0) is 60.5 Å². The second kappa shape index (κ2) is 8.54. The van der Waals surface area contributed by atoms with Crippen molar-refractivity contribution in [3.05, 3.63) is 92.4 Å². The summed E-state index contributed by atoms with van der Waals surface area (Å²) >= 11 is 10.8.